The number of anilines is 1. The molecule has 0 radical (unpaired) electrons. The van der Waals surface area contributed by atoms with Gasteiger partial charge in [0, 0.05) is 37.2 Å². The third-order valence-corrected chi connectivity index (χ3v) is 5.58. The molecular weight excluding hydrogens is 336 g/mol. The van der Waals surface area contributed by atoms with E-state index in [-0.39, 0.29) is 0 Å². The molecule has 1 N–H and O–H groups in total. The van der Waals surface area contributed by atoms with E-state index in [9.17, 15) is 0 Å². The van der Waals surface area contributed by atoms with Crippen molar-refractivity contribution in [1.29, 1.82) is 0 Å². The molecule has 0 aliphatic carbocycles. The van der Waals surface area contributed by atoms with Crippen LogP contribution < -0.4 is 10.1 Å². The molecule has 1 aliphatic rings. The van der Waals surface area contributed by atoms with Gasteiger partial charge in [-0.1, -0.05) is 0 Å². The summed E-state index contributed by atoms with van der Waals surface area (Å²) in [6.07, 6.45) is 5.65. The van der Waals surface area contributed by atoms with Crippen molar-refractivity contribution in [3.8, 4) is 5.75 Å². The standard InChI is InChI=1S/C22H32N4O/c1-15-9-19(10-16(2)25-15)11-18-7-6-8-26(14-18)17(3)20-12-21(27-5)22(23-4)24-13-20/h9-10,12-13,17-18H,6-8,11,14H2,1-5H3,(H,23,24). The number of pyridine rings is 2. The number of rotatable bonds is 6. The molecule has 2 aromatic rings. The van der Waals surface area contributed by atoms with Gasteiger partial charge in [0.15, 0.2) is 11.6 Å². The van der Waals surface area contributed by atoms with Gasteiger partial charge in [-0.2, -0.15) is 0 Å². The minimum atomic E-state index is 0.334. The van der Waals surface area contributed by atoms with E-state index in [1.165, 1.54) is 24.0 Å². The number of hydrogen-bond acceptors (Lipinski definition) is 5. The molecule has 0 bridgehead atoms. The van der Waals surface area contributed by atoms with Crippen LogP contribution in [0.1, 0.15) is 48.3 Å². The van der Waals surface area contributed by atoms with Crippen molar-refractivity contribution < 1.29 is 4.74 Å². The Morgan fingerprint density at radius 3 is 2.67 bits per heavy atom. The molecule has 5 nitrogen and oxygen atoms in total. The molecule has 0 aromatic carbocycles. The van der Waals surface area contributed by atoms with Crippen LogP contribution in [0.5, 0.6) is 5.75 Å². The summed E-state index contributed by atoms with van der Waals surface area (Å²) in [6.45, 7) is 8.71. The van der Waals surface area contributed by atoms with Crippen LogP contribution >= 0.6 is 0 Å². The smallest absolute Gasteiger partial charge is 0.168 e. The summed E-state index contributed by atoms with van der Waals surface area (Å²) in [5, 5.41) is 3.08. The predicted molar refractivity (Wildman–Crippen MR) is 110 cm³/mol. The second kappa shape index (κ2) is 8.70. The van der Waals surface area contributed by atoms with Crippen molar-refractivity contribution in [3.63, 3.8) is 0 Å². The second-order valence-electron chi connectivity index (χ2n) is 7.71. The van der Waals surface area contributed by atoms with Crippen LogP contribution in [0.2, 0.25) is 0 Å². The molecule has 2 unspecified atom stereocenters. The third kappa shape index (κ3) is 4.78. The van der Waals surface area contributed by atoms with Gasteiger partial charge in [-0.15, -0.1) is 0 Å². The molecule has 0 spiro atoms. The lowest BCUT2D eigenvalue weighted by Gasteiger charge is -2.37. The monoisotopic (exact) mass is 368 g/mol. The van der Waals surface area contributed by atoms with E-state index in [0.29, 0.717) is 12.0 Å². The average Bonchev–Trinajstić information content (AvgIpc) is 2.66. The highest BCUT2D eigenvalue weighted by Gasteiger charge is 2.25. The fraction of sp³-hybridized carbons (Fsp3) is 0.545. The molecule has 2 aromatic heterocycles. The topological polar surface area (TPSA) is 50.3 Å². The minimum absolute atomic E-state index is 0.334. The fourth-order valence-corrected chi connectivity index (χ4v) is 4.23. The van der Waals surface area contributed by atoms with Crippen LogP contribution in [0.3, 0.4) is 0 Å². The number of piperidine rings is 1. The van der Waals surface area contributed by atoms with Gasteiger partial charge in [0.2, 0.25) is 0 Å². The van der Waals surface area contributed by atoms with Crippen LogP contribution in [0.15, 0.2) is 24.4 Å². The largest absolute Gasteiger partial charge is 0.493 e. The maximum atomic E-state index is 5.49. The number of nitrogens with zero attached hydrogens (tertiary/aromatic N) is 3. The Labute approximate surface area is 163 Å². The van der Waals surface area contributed by atoms with Crippen LogP contribution in [-0.4, -0.2) is 42.1 Å². The zero-order valence-electron chi connectivity index (χ0n) is 17.2. The highest BCUT2D eigenvalue weighted by molar-refractivity contribution is 5.51. The van der Waals surface area contributed by atoms with Gasteiger partial charge in [-0.3, -0.25) is 9.88 Å². The van der Waals surface area contributed by atoms with E-state index in [0.717, 1.165) is 42.5 Å². The predicted octanol–water partition coefficient (Wildman–Crippen LogP) is 4.16. The Balaban J connectivity index is 1.70. The van der Waals surface area contributed by atoms with Crippen LogP contribution in [0.4, 0.5) is 5.82 Å². The van der Waals surface area contributed by atoms with Crippen molar-refractivity contribution >= 4 is 5.82 Å². The van der Waals surface area contributed by atoms with Crippen molar-refractivity contribution in [1.82, 2.24) is 14.9 Å². The first-order valence-corrected chi connectivity index (χ1v) is 9.90. The van der Waals surface area contributed by atoms with Gasteiger partial charge in [0.05, 0.1) is 7.11 Å². The quantitative estimate of drug-likeness (QED) is 0.830. The van der Waals surface area contributed by atoms with Gasteiger partial charge >= 0.3 is 0 Å². The maximum absolute atomic E-state index is 5.49. The SMILES string of the molecule is CNc1ncc(C(C)N2CCCC(Cc3cc(C)nc(C)c3)C2)cc1OC. The van der Waals surface area contributed by atoms with E-state index in [1.807, 2.05) is 13.2 Å². The number of aromatic nitrogens is 2. The summed E-state index contributed by atoms with van der Waals surface area (Å²) in [5.41, 5.74) is 4.87. The normalized spacial score (nSPS) is 18.9. The van der Waals surface area contributed by atoms with Crippen molar-refractivity contribution in [2.45, 2.75) is 46.1 Å². The first-order valence-electron chi connectivity index (χ1n) is 9.90. The molecule has 1 fully saturated rings. The lowest BCUT2D eigenvalue weighted by atomic mass is 9.90. The number of methoxy groups -OCH3 is 1. The second-order valence-corrected chi connectivity index (χ2v) is 7.71. The van der Waals surface area contributed by atoms with Crippen molar-refractivity contribution in [2.75, 3.05) is 32.6 Å². The number of likely N-dealkylation sites (tertiary alicyclic amines) is 1. The summed E-state index contributed by atoms with van der Waals surface area (Å²) in [7, 11) is 3.56. The highest BCUT2D eigenvalue weighted by Crippen LogP contribution is 2.31. The third-order valence-electron chi connectivity index (χ3n) is 5.58. The number of nitrogens with one attached hydrogen (secondary N) is 1. The molecule has 27 heavy (non-hydrogen) atoms. The maximum Gasteiger partial charge on any atom is 0.168 e. The Hall–Kier alpha value is -2.14. The Kier molecular flexibility index (Phi) is 6.32. The van der Waals surface area contributed by atoms with Gasteiger partial charge in [0.25, 0.3) is 0 Å². The lowest BCUT2D eigenvalue weighted by Crippen LogP contribution is -2.38. The summed E-state index contributed by atoms with van der Waals surface area (Å²) in [4.78, 5) is 11.6. The highest BCUT2D eigenvalue weighted by atomic mass is 16.5. The molecule has 1 saturated heterocycles. The molecule has 0 amide bonds. The minimum Gasteiger partial charge on any atom is -0.493 e. The average molecular weight is 369 g/mol. The van der Waals surface area contributed by atoms with Crippen LogP contribution in [0.25, 0.3) is 0 Å². The van der Waals surface area contributed by atoms with Crippen molar-refractivity contribution in [2.24, 2.45) is 5.92 Å². The van der Waals surface area contributed by atoms with E-state index < -0.39 is 0 Å². The van der Waals surface area contributed by atoms with Crippen molar-refractivity contribution in [3.05, 3.63) is 46.9 Å². The summed E-state index contributed by atoms with van der Waals surface area (Å²) < 4.78 is 5.49. The first-order chi connectivity index (χ1) is 13.0. The summed E-state index contributed by atoms with van der Waals surface area (Å²) >= 11 is 0. The van der Waals surface area contributed by atoms with E-state index in [4.69, 9.17) is 4.74 Å². The van der Waals surface area contributed by atoms with E-state index in [2.05, 4.69) is 59.2 Å². The molecule has 3 rings (SSSR count). The molecule has 3 heterocycles. The first kappa shape index (κ1) is 19.6. The zero-order chi connectivity index (χ0) is 19.4. The van der Waals surface area contributed by atoms with Gasteiger partial charge in [-0.25, -0.2) is 4.98 Å². The molecule has 0 saturated carbocycles. The summed E-state index contributed by atoms with van der Waals surface area (Å²) in [6, 6.07) is 6.92. The van der Waals surface area contributed by atoms with Gasteiger partial charge < -0.3 is 10.1 Å². The number of aryl methyl sites for hydroxylation is 2. The lowest BCUT2D eigenvalue weighted by molar-refractivity contribution is 0.131. The fourth-order valence-electron chi connectivity index (χ4n) is 4.23. The Bertz CT molecular complexity index is 757. The Morgan fingerprint density at radius 1 is 1.26 bits per heavy atom. The molecule has 5 heteroatoms. The van der Waals surface area contributed by atoms with E-state index >= 15 is 0 Å². The zero-order valence-corrected chi connectivity index (χ0v) is 17.2. The molecule has 146 valence electrons. The molecule has 2 atom stereocenters. The van der Waals surface area contributed by atoms with Gasteiger partial charge in [0.1, 0.15) is 0 Å². The van der Waals surface area contributed by atoms with Gasteiger partial charge in [-0.05, 0) is 81.8 Å². The molecule has 1 aliphatic heterocycles. The Morgan fingerprint density at radius 2 is 2.00 bits per heavy atom. The summed E-state index contributed by atoms with van der Waals surface area (Å²) in [5.74, 6) is 2.28. The van der Waals surface area contributed by atoms with Crippen LogP contribution in [0, 0.1) is 19.8 Å². The van der Waals surface area contributed by atoms with E-state index in [1.54, 1.807) is 7.11 Å². The molecular formula is C22H32N4O. The number of ether oxygens (including phenoxy) is 1. The van der Waals surface area contributed by atoms with Crippen LogP contribution in [-0.2, 0) is 6.42 Å². The number of hydrogen-bond donors (Lipinski definition) is 1.